The molecular formula is C19H27N5O3S. The Balaban J connectivity index is 1.75. The Morgan fingerprint density at radius 1 is 1.32 bits per heavy atom. The van der Waals surface area contributed by atoms with E-state index in [0.717, 1.165) is 19.3 Å². The fraction of sp³-hybridized carbons (Fsp3) is 0.632. The van der Waals surface area contributed by atoms with E-state index >= 15 is 0 Å². The Labute approximate surface area is 176 Å². The molecule has 0 amide bonds. The maximum absolute atomic E-state index is 12.8. The van der Waals surface area contributed by atoms with E-state index in [0.29, 0.717) is 5.39 Å². The highest BCUT2D eigenvalue weighted by atomic mass is 32.2. The van der Waals surface area contributed by atoms with Crippen LogP contribution in [0, 0.1) is 5.92 Å². The summed E-state index contributed by atoms with van der Waals surface area (Å²) in [7, 11) is -5.05. The van der Waals surface area contributed by atoms with Gasteiger partial charge in [0.25, 0.3) is 5.56 Å². The van der Waals surface area contributed by atoms with Crippen molar-refractivity contribution < 1.29 is 19.4 Å². The van der Waals surface area contributed by atoms with Crippen LogP contribution in [0.3, 0.4) is 0 Å². The van der Waals surface area contributed by atoms with Crippen LogP contribution < -0.4 is 10.9 Å². The Morgan fingerprint density at radius 2 is 2.11 bits per heavy atom. The third kappa shape index (κ3) is 3.77. The number of hydrogen-bond donors (Lipinski definition) is 1. The minimum atomic E-state index is -5.05. The Hall–Kier alpha value is -2.00. The fourth-order valence-electron chi connectivity index (χ4n) is 3.75. The molecule has 0 bridgehead atoms. The summed E-state index contributed by atoms with van der Waals surface area (Å²) < 4.78 is 90.6. The highest BCUT2D eigenvalue weighted by Crippen LogP contribution is 2.35. The van der Waals surface area contributed by atoms with E-state index in [4.69, 9.17) is 11.0 Å². The number of nitrogens with zero attached hydrogens (tertiary/aromatic N) is 4. The van der Waals surface area contributed by atoms with Gasteiger partial charge in [0.1, 0.15) is 5.65 Å². The standard InChI is InChI=1S/C19H27N5O3S/c1-13-4-3-5-16(13)24-17(25)7-6-14-12-20-19(22-18(14)24)21-15-8-10-23(11-9-15)28(2,26)27/h6-7,12-13,15-16H,3-5,8-11H2,1-2H3,(H,20,21,22)/t13-,16+/m0/s1/i2D3,8D2,9D2,15D. The van der Waals surface area contributed by atoms with Crippen LogP contribution in [0.2, 0.25) is 0 Å². The summed E-state index contributed by atoms with van der Waals surface area (Å²) in [5.41, 5.74) is -0.0220. The Morgan fingerprint density at radius 3 is 2.79 bits per heavy atom. The molecule has 1 N–H and O–H groups in total. The maximum Gasteiger partial charge on any atom is 0.252 e. The van der Waals surface area contributed by atoms with Crippen LogP contribution >= 0.6 is 0 Å². The average Bonchev–Trinajstić information content (AvgIpc) is 3.16. The van der Waals surface area contributed by atoms with Crippen molar-refractivity contribution in [2.45, 2.75) is 51.0 Å². The average molecular weight is 414 g/mol. The number of sulfonamides is 1. The lowest BCUT2D eigenvalue weighted by molar-refractivity contribution is 0.331. The summed E-state index contributed by atoms with van der Waals surface area (Å²) in [6.45, 7) is -0.102. The molecule has 0 spiro atoms. The topological polar surface area (TPSA) is 97.2 Å². The Kier molecular flexibility index (Phi) is 3.15. The highest BCUT2D eigenvalue weighted by molar-refractivity contribution is 7.88. The zero-order chi connectivity index (χ0) is 26.9. The number of pyridine rings is 1. The van der Waals surface area contributed by atoms with Crippen molar-refractivity contribution in [3.05, 3.63) is 28.7 Å². The SMILES string of the molecule is [2H]C1([2H])CN(S(=O)(=O)C([2H])([2H])[2H])CC([2H])([2H])C1([2H])Nc1ncc2ccc(=O)n([C@@H]3CCC[C@@H]3C)c2n1. The van der Waals surface area contributed by atoms with Crippen LogP contribution in [-0.4, -0.2) is 52.5 Å². The van der Waals surface area contributed by atoms with E-state index in [2.05, 4.69) is 15.3 Å². The molecule has 1 saturated heterocycles. The first kappa shape index (κ1) is 11.9. The van der Waals surface area contributed by atoms with Gasteiger partial charge in [-0.05, 0) is 37.6 Å². The van der Waals surface area contributed by atoms with E-state index in [1.165, 1.54) is 12.3 Å². The second-order valence-electron chi connectivity index (χ2n) is 7.12. The maximum atomic E-state index is 12.8. The van der Waals surface area contributed by atoms with Gasteiger partial charge in [0.2, 0.25) is 16.0 Å². The molecule has 28 heavy (non-hydrogen) atoms. The molecule has 0 radical (unpaired) electrons. The van der Waals surface area contributed by atoms with Gasteiger partial charge in [-0.2, -0.15) is 4.98 Å². The van der Waals surface area contributed by atoms with E-state index < -0.39 is 48.1 Å². The molecular weight excluding hydrogens is 378 g/mol. The molecule has 4 rings (SSSR count). The number of nitrogens with one attached hydrogen (secondary N) is 1. The van der Waals surface area contributed by atoms with Crippen molar-refractivity contribution in [2.24, 2.45) is 5.92 Å². The molecule has 3 heterocycles. The van der Waals surface area contributed by atoms with E-state index in [9.17, 15) is 13.2 Å². The van der Waals surface area contributed by atoms with E-state index in [1.807, 2.05) is 6.92 Å². The minimum absolute atomic E-state index is 0.111. The summed E-state index contributed by atoms with van der Waals surface area (Å²) in [5, 5.41) is 2.94. The first-order valence-corrected chi connectivity index (χ1v) is 10.5. The van der Waals surface area contributed by atoms with Gasteiger partial charge in [0.05, 0.1) is 7.55 Å². The first-order chi connectivity index (χ1) is 16.4. The van der Waals surface area contributed by atoms with Crippen molar-refractivity contribution in [3.8, 4) is 0 Å². The number of hydrogen-bond acceptors (Lipinski definition) is 6. The third-order valence-electron chi connectivity index (χ3n) is 5.26. The van der Waals surface area contributed by atoms with Crippen LogP contribution in [0.25, 0.3) is 11.0 Å². The number of anilines is 1. The molecule has 2 fully saturated rings. The molecule has 2 aromatic rings. The molecule has 1 saturated carbocycles. The summed E-state index contributed by atoms with van der Waals surface area (Å²) >= 11 is 0. The molecule has 0 aromatic carbocycles. The smallest absolute Gasteiger partial charge is 0.252 e. The zero-order valence-corrected chi connectivity index (χ0v) is 16.2. The van der Waals surface area contributed by atoms with Crippen molar-refractivity contribution >= 4 is 27.0 Å². The molecule has 8 nitrogen and oxygen atoms in total. The molecule has 1 aliphatic heterocycles. The van der Waals surface area contributed by atoms with Crippen molar-refractivity contribution in [1.29, 1.82) is 0 Å². The number of aromatic nitrogens is 3. The van der Waals surface area contributed by atoms with Gasteiger partial charge in [-0.1, -0.05) is 13.3 Å². The van der Waals surface area contributed by atoms with Crippen molar-refractivity contribution in [2.75, 3.05) is 24.6 Å². The summed E-state index contributed by atoms with van der Waals surface area (Å²) in [5.74, 6) is -0.0997. The lowest BCUT2D eigenvalue weighted by Crippen LogP contribution is -2.42. The lowest BCUT2D eigenvalue weighted by atomic mass is 10.1. The lowest BCUT2D eigenvalue weighted by Gasteiger charge is -2.30. The second kappa shape index (κ2) is 7.44. The van der Waals surface area contributed by atoms with Gasteiger partial charge >= 0.3 is 0 Å². The predicted molar refractivity (Wildman–Crippen MR) is 109 cm³/mol. The van der Waals surface area contributed by atoms with Gasteiger partial charge in [-0.3, -0.25) is 9.36 Å². The number of rotatable bonds is 4. The molecule has 2 aliphatic rings. The molecule has 0 unspecified atom stereocenters. The van der Waals surface area contributed by atoms with Gasteiger partial charge < -0.3 is 5.32 Å². The summed E-state index contributed by atoms with van der Waals surface area (Å²) in [6.07, 6.45) is -5.29. The number of fused-ring (bicyclic) bond motifs is 1. The molecule has 152 valence electrons. The van der Waals surface area contributed by atoms with Gasteiger partial charge in [-0.15, -0.1) is 0 Å². The van der Waals surface area contributed by atoms with Crippen LogP contribution in [-0.2, 0) is 10.0 Å². The second-order valence-corrected chi connectivity index (χ2v) is 8.58. The van der Waals surface area contributed by atoms with Crippen LogP contribution in [0.15, 0.2) is 23.1 Å². The number of piperidine rings is 1. The van der Waals surface area contributed by atoms with Crippen LogP contribution in [0.4, 0.5) is 5.95 Å². The summed E-state index contributed by atoms with van der Waals surface area (Å²) in [6, 6.07) is 0.0496. The monoisotopic (exact) mass is 413 g/mol. The molecule has 1 aliphatic carbocycles. The van der Waals surface area contributed by atoms with Crippen molar-refractivity contribution in [1.82, 2.24) is 18.8 Å². The van der Waals surface area contributed by atoms with E-state index in [1.54, 1.807) is 10.6 Å². The largest absolute Gasteiger partial charge is 0.351 e. The van der Waals surface area contributed by atoms with Crippen molar-refractivity contribution in [3.63, 3.8) is 0 Å². The van der Waals surface area contributed by atoms with Gasteiger partial charge in [0.15, 0.2) is 0 Å². The van der Waals surface area contributed by atoms with Gasteiger partial charge in [0, 0.05) is 52.4 Å². The normalized spacial score (nSPS) is 34.0. The minimum Gasteiger partial charge on any atom is -0.351 e. The molecule has 2 atom stereocenters. The molecule has 2 aromatic heterocycles. The van der Waals surface area contributed by atoms with E-state index in [-0.39, 0.29) is 33.4 Å². The predicted octanol–water partition coefficient (Wildman–Crippen LogP) is 1.99. The summed E-state index contributed by atoms with van der Waals surface area (Å²) in [4.78, 5) is 21.2. The fourth-order valence-corrected chi connectivity index (χ4v) is 4.22. The highest BCUT2D eigenvalue weighted by Gasteiger charge is 2.28. The zero-order valence-electron chi connectivity index (χ0n) is 23.3. The third-order valence-corrected chi connectivity index (χ3v) is 6.19. The van der Waals surface area contributed by atoms with Crippen LogP contribution in [0.5, 0.6) is 0 Å². The Bertz CT molecular complexity index is 1330. The van der Waals surface area contributed by atoms with Crippen LogP contribution in [0.1, 0.15) is 55.9 Å². The van der Waals surface area contributed by atoms with Gasteiger partial charge in [-0.25, -0.2) is 17.7 Å². The first-order valence-electron chi connectivity index (χ1n) is 13.1. The quantitative estimate of drug-likeness (QED) is 0.823. The molecule has 9 heteroatoms.